The second-order valence-corrected chi connectivity index (χ2v) is 4.29. The molecule has 2 aromatic rings. The third-order valence-corrected chi connectivity index (χ3v) is 2.68. The lowest BCUT2D eigenvalue weighted by Crippen LogP contribution is -2.09. The molecule has 0 fully saturated rings. The van der Waals surface area contributed by atoms with Crippen molar-refractivity contribution in [3.8, 4) is 0 Å². The molecule has 0 unspecified atom stereocenters. The van der Waals surface area contributed by atoms with Gasteiger partial charge in [-0.15, -0.1) is 0 Å². The molecule has 2 rings (SSSR count). The highest BCUT2D eigenvalue weighted by atomic mass is 19.4. The van der Waals surface area contributed by atoms with Crippen LogP contribution in [0.5, 0.6) is 0 Å². The molecule has 0 saturated heterocycles. The summed E-state index contributed by atoms with van der Waals surface area (Å²) in [6.45, 7) is 1.64. The first-order chi connectivity index (χ1) is 9.36. The molecule has 0 aliphatic carbocycles. The number of carbonyl (C=O) groups is 1. The fraction of sp³-hybridized carbons (Fsp3) is 0.214. The number of Topliss-reactive ketones (excluding diaryl/α,β-unsaturated/α-hetero) is 1. The van der Waals surface area contributed by atoms with Crippen LogP contribution in [0.3, 0.4) is 0 Å². The van der Waals surface area contributed by atoms with E-state index in [-0.39, 0.29) is 17.9 Å². The van der Waals surface area contributed by atoms with Gasteiger partial charge in [-0.3, -0.25) is 4.79 Å². The van der Waals surface area contributed by atoms with Gasteiger partial charge in [0.1, 0.15) is 11.5 Å². The molecular formula is C14H11F3N2O. The second-order valence-electron chi connectivity index (χ2n) is 4.29. The minimum absolute atomic E-state index is 0.125. The molecule has 0 atom stereocenters. The molecule has 0 bridgehead atoms. The van der Waals surface area contributed by atoms with E-state index in [0.717, 1.165) is 12.1 Å². The molecule has 104 valence electrons. The Morgan fingerprint density at radius 1 is 1.25 bits per heavy atom. The van der Waals surface area contributed by atoms with Crippen LogP contribution in [0.15, 0.2) is 36.5 Å². The molecule has 0 amide bonds. The van der Waals surface area contributed by atoms with Gasteiger partial charge in [-0.1, -0.05) is 18.2 Å². The average molecular weight is 280 g/mol. The first-order valence-corrected chi connectivity index (χ1v) is 5.85. The summed E-state index contributed by atoms with van der Waals surface area (Å²) >= 11 is 0. The average Bonchev–Trinajstić information content (AvgIpc) is 2.38. The summed E-state index contributed by atoms with van der Waals surface area (Å²) in [4.78, 5) is 19.8. The largest absolute Gasteiger partial charge is 0.416 e. The van der Waals surface area contributed by atoms with E-state index in [1.807, 2.05) is 0 Å². The highest BCUT2D eigenvalue weighted by molar-refractivity contribution is 5.95. The Bertz CT molecular complexity index is 638. The van der Waals surface area contributed by atoms with Gasteiger partial charge in [0.15, 0.2) is 5.78 Å². The lowest BCUT2D eigenvalue weighted by atomic mass is 10.0. The van der Waals surface area contributed by atoms with Gasteiger partial charge in [0.25, 0.3) is 0 Å². The normalized spacial score (nSPS) is 11.4. The fourth-order valence-corrected chi connectivity index (χ4v) is 1.75. The number of benzene rings is 1. The molecule has 0 aliphatic rings. The number of nitrogens with zero attached hydrogens (tertiary/aromatic N) is 2. The highest BCUT2D eigenvalue weighted by Gasteiger charge is 2.30. The van der Waals surface area contributed by atoms with Gasteiger partial charge >= 0.3 is 6.18 Å². The minimum Gasteiger partial charge on any atom is -0.292 e. The maximum atomic E-state index is 12.6. The molecule has 1 aromatic carbocycles. The molecule has 0 radical (unpaired) electrons. The van der Waals surface area contributed by atoms with E-state index in [2.05, 4.69) is 9.97 Å². The fourth-order valence-electron chi connectivity index (χ4n) is 1.75. The summed E-state index contributed by atoms with van der Waals surface area (Å²) in [7, 11) is 0. The standard InChI is InChI=1S/C14H11F3N2O/c1-9-18-6-5-12(19-9)13(20)8-10-3-2-4-11(7-10)14(15,16)17/h2-7H,8H2,1H3. The van der Waals surface area contributed by atoms with Crippen molar-refractivity contribution in [1.29, 1.82) is 0 Å². The van der Waals surface area contributed by atoms with Crippen molar-refractivity contribution in [2.75, 3.05) is 0 Å². The number of ketones is 1. The van der Waals surface area contributed by atoms with Crippen molar-refractivity contribution >= 4 is 5.78 Å². The molecule has 20 heavy (non-hydrogen) atoms. The predicted molar refractivity (Wildman–Crippen MR) is 66.2 cm³/mol. The lowest BCUT2D eigenvalue weighted by molar-refractivity contribution is -0.137. The van der Waals surface area contributed by atoms with Crippen LogP contribution in [0, 0.1) is 6.92 Å². The molecule has 3 nitrogen and oxygen atoms in total. The number of aromatic nitrogens is 2. The molecule has 0 aliphatic heterocycles. The summed E-state index contributed by atoms with van der Waals surface area (Å²) in [6, 6.07) is 6.18. The molecule has 1 aromatic heterocycles. The first-order valence-electron chi connectivity index (χ1n) is 5.85. The Morgan fingerprint density at radius 2 is 2.00 bits per heavy atom. The Balaban J connectivity index is 2.20. The number of alkyl halides is 3. The van der Waals surface area contributed by atoms with Crippen molar-refractivity contribution < 1.29 is 18.0 Å². The predicted octanol–water partition coefficient (Wildman–Crippen LogP) is 3.23. The molecular weight excluding hydrogens is 269 g/mol. The van der Waals surface area contributed by atoms with Gasteiger partial charge in [-0.05, 0) is 24.6 Å². The number of halogens is 3. The van der Waals surface area contributed by atoms with Gasteiger partial charge in [-0.2, -0.15) is 13.2 Å². The first kappa shape index (κ1) is 14.2. The van der Waals surface area contributed by atoms with Crippen LogP contribution >= 0.6 is 0 Å². The van der Waals surface area contributed by atoms with Crippen LogP contribution in [0.25, 0.3) is 0 Å². The highest BCUT2D eigenvalue weighted by Crippen LogP contribution is 2.29. The molecule has 0 saturated carbocycles. The van der Waals surface area contributed by atoms with Crippen LogP contribution in [-0.2, 0) is 12.6 Å². The third-order valence-electron chi connectivity index (χ3n) is 2.68. The minimum atomic E-state index is -4.41. The summed E-state index contributed by atoms with van der Waals surface area (Å²) in [6.07, 6.45) is -3.09. The summed E-state index contributed by atoms with van der Waals surface area (Å²) in [5, 5.41) is 0. The van der Waals surface area contributed by atoms with Crippen molar-refractivity contribution in [3.63, 3.8) is 0 Å². The maximum absolute atomic E-state index is 12.6. The SMILES string of the molecule is Cc1nccc(C(=O)Cc2cccc(C(F)(F)F)c2)n1. The summed E-state index contributed by atoms with van der Waals surface area (Å²) in [5.74, 6) is 0.106. The lowest BCUT2D eigenvalue weighted by Gasteiger charge is -2.08. The summed E-state index contributed by atoms with van der Waals surface area (Å²) in [5.41, 5.74) is -0.252. The Labute approximate surface area is 113 Å². The van der Waals surface area contributed by atoms with Gasteiger partial charge in [-0.25, -0.2) is 9.97 Å². The van der Waals surface area contributed by atoms with Crippen LogP contribution in [-0.4, -0.2) is 15.8 Å². The monoisotopic (exact) mass is 280 g/mol. The number of carbonyl (C=O) groups excluding carboxylic acids is 1. The van der Waals surface area contributed by atoms with Gasteiger partial charge in [0, 0.05) is 12.6 Å². The molecule has 6 heteroatoms. The van der Waals surface area contributed by atoms with E-state index in [9.17, 15) is 18.0 Å². The number of rotatable bonds is 3. The number of aryl methyl sites for hydroxylation is 1. The third kappa shape index (κ3) is 3.40. The quantitative estimate of drug-likeness (QED) is 0.811. The van der Waals surface area contributed by atoms with E-state index in [4.69, 9.17) is 0 Å². The van der Waals surface area contributed by atoms with Crippen molar-refractivity contribution in [2.24, 2.45) is 0 Å². The van der Waals surface area contributed by atoms with E-state index < -0.39 is 11.7 Å². The smallest absolute Gasteiger partial charge is 0.292 e. The van der Waals surface area contributed by atoms with E-state index in [0.29, 0.717) is 11.4 Å². The van der Waals surface area contributed by atoms with E-state index >= 15 is 0 Å². The van der Waals surface area contributed by atoms with Gasteiger partial charge in [0.2, 0.25) is 0 Å². The topological polar surface area (TPSA) is 42.9 Å². The van der Waals surface area contributed by atoms with Crippen molar-refractivity contribution in [3.05, 3.63) is 59.2 Å². The van der Waals surface area contributed by atoms with Crippen LogP contribution in [0.4, 0.5) is 13.2 Å². The maximum Gasteiger partial charge on any atom is 0.416 e. The van der Waals surface area contributed by atoms with E-state index in [1.165, 1.54) is 24.4 Å². The molecule has 0 spiro atoms. The van der Waals surface area contributed by atoms with Crippen LogP contribution < -0.4 is 0 Å². The second kappa shape index (κ2) is 5.40. The Kier molecular flexibility index (Phi) is 3.83. The van der Waals surface area contributed by atoms with Gasteiger partial charge in [0.05, 0.1) is 5.56 Å². The van der Waals surface area contributed by atoms with Crippen LogP contribution in [0.1, 0.15) is 27.4 Å². The van der Waals surface area contributed by atoms with Crippen molar-refractivity contribution in [2.45, 2.75) is 19.5 Å². The van der Waals surface area contributed by atoms with Crippen LogP contribution in [0.2, 0.25) is 0 Å². The van der Waals surface area contributed by atoms with Crippen molar-refractivity contribution in [1.82, 2.24) is 9.97 Å². The summed E-state index contributed by atoms with van der Waals surface area (Å²) < 4.78 is 37.7. The zero-order valence-corrected chi connectivity index (χ0v) is 10.6. The molecule has 1 heterocycles. The number of hydrogen-bond acceptors (Lipinski definition) is 3. The van der Waals surface area contributed by atoms with E-state index in [1.54, 1.807) is 6.92 Å². The Hall–Kier alpha value is -2.24. The van der Waals surface area contributed by atoms with Gasteiger partial charge < -0.3 is 0 Å². The Morgan fingerprint density at radius 3 is 2.65 bits per heavy atom. The zero-order chi connectivity index (χ0) is 14.8. The number of hydrogen-bond donors (Lipinski definition) is 0. The zero-order valence-electron chi connectivity index (χ0n) is 10.6. The molecule has 0 N–H and O–H groups in total.